The Kier molecular flexibility index (Phi) is 5.69. The second-order valence-electron chi connectivity index (χ2n) is 6.93. The van der Waals surface area contributed by atoms with Crippen LogP contribution in [0.3, 0.4) is 0 Å². The van der Waals surface area contributed by atoms with Gasteiger partial charge in [0.25, 0.3) is 5.91 Å². The fraction of sp³-hybridized carbons (Fsp3) is 0.227. The van der Waals surface area contributed by atoms with Gasteiger partial charge in [0.2, 0.25) is 0 Å². The number of amides is 1. The maximum atomic E-state index is 13.2. The fourth-order valence-corrected chi connectivity index (χ4v) is 4.89. The number of nitrogens with zero attached hydrogens (tertiary/aromatic N) is 2. The van der Waals surface area contributed by atoms with Gasteiger partial charge in [-0.3, -0.25) is 9.36 Å². The van der Waals surface area contributed by atoms with Crippen LogP contribution in [0, 0.1) is 3.95 Å². The summed E-state index contributed by atoms with van der Waals surface area (Å²) in [6, 6.07) is 15.0. The van der Waals surface area contributed by atoms with E-state index in [1.54, 1.807) is 35.8 Å². The second kappa shape index (κ2) is 8.41. The number of aromatic nitrogens is 1. The Morgan fingerprint density at radius 2 is 1.83 bits per heavy atom. The van der Waals surface area contributed by atoms with Crippen molar-refractivity contribution in [3.8, 4) is 5.69 Å². The molecule has 6 nitrogen and oxygen atoms in total. The SMILES string of the molecule is CCOC(=O)c1ccc(-n2c(N)c(C(=O)N3CCc4ccccc4C3)sc2=S)cc1. The van der Waals surface area contributed by atoms with Gasteiger partial charge in [-0.25, -0.2) is 4.79 Å². The van der Waals surface area contributed by atoms with Crippen LogP contribution in [0.4, 0.5) is 5.82 Å². The highest BCUT2D eigenvalue weighted by Crippen LogP contribution is 2.29. The van der Waals surface area contributed by atoms with E-state index in [9.17, 15) is 9.59 Å². The summed E-state index contributed by atoms with van der Waals surface area (Å²) in [5, 5.41) is 0. The number of hydrogen-bond donors (Lipinski definition) is 1. The van der Waals surface area contributed by atoms with Crippen molar-refractivity contribution < 1.29 is 14.3 Å². The van der Waals surface area contributed by atoms with Crippen LogP contribution in [0.25, 0.3) is 5.69 Å². The number of nitrogen functional groups attached to an aromatic ring is 1. The van der Waals surface area contributed by atoms with Crippen molar-refractivity contribution in [2.45, 2.75) is 19.9 Å². The third-order valence-corrected chi connectivity index (χ3v) is 6.47. The van der Waals surface area contributed by atoms with Crippen molar-refractivity contribution in [1.82, 2.24) is 9.47 Å². The molecule has 0 spiro atoms. The number of carbonyl (C=O) groups excluding carboxylic acids is 2. The van der Waals surface area contributed by atoms with Crippen molar-refractivity contribution in [2.24, 2.45) is 0 Å². The number of fused-ring (bicyclic) bond motifs is 1. The lowest BCUT2D eigenvalue weighted by Gasteiger charge is -2.28. The van der Waals surface area contributed by atoms with Crippen molar-refractivity contribution in [3.63, 3.8) is 0 Å². The molecular formula is C22H21N3O3S2. The van der Waals surface area contributed by atoms with Gasteiger partial charge in [0, 0.05) is 18.8 Å². The number of anilines is 1. The normalized spacial score (nSPS) is 13.0. The highest BCUT2D eigenvalue weighted by atomic mass is 32.1. The third kappa shape index (κ3) is 3.76. The average Bonchev–Trinajstić information content (AvgIpc) is 3.07. The van der Waals surface area contributed by atoms with Gasteiger partial charge in [-0.05, 0) is 61.0 Å². The van der Waals surface area contributed by atoms with Crippen LogP contribution < -0.4 is 5.73 Å². The third-order valence-electron chi connectivity index (χ3n) is 5.09. The molecule has 154 valence electrons. The molecule has 2 heterocycles. The molecule has 0 saturated heterocycles. The van der Waals surface area contributed by atoms with Crippen molar-refractivity contribution in [2.75, 3.05) is 18.9 Å². The molecule has 2 N–H and O–H groups in total. The van der Waals surface area contributed by atoms with E-state index in [0.717, 1.165) is 12.0 Å². The zero-order valence-corrected chi connectivity index (χ0v) is 18.1. The largest absolute Gasteiger partial charge is 0.462 e. The van der Waals surface area contributed by atoms with Gasteiger partial charge < -0.3 is 15.4 Å². The molecule has 0 fully saturated rings. The fourth-order valence-electron chi connectivity index (χ4n) is 3.56. The van der Waals surface area contributed by atoms with Gasteiger partial charge in [0.1, 0.15) is 10.7 Å². The number of carbonyl (C=O) groups is 2. The smallest absolute Gasteiger partial charge is 0.338 e. The summed E-state index contributed by atoms with van der Waals surface area (Å²) in [7, 11) is 0. The first kappa shape index (κ1) is 20.3. The van der Waals surface area contributed by atoms with E-state index in [4.69, 9.17) is 22.7 Å². The van der Waals surface area contributed by atoms with Gasteiger partial charge in [0.05, 0.1) is 12.2 Å². The highest BCUT2D eigenvalue weighted by molar-refractivity contribution is 7.73. The van der Waals surface area contributed by atoms with Gasteiger partial charge >= 0.3 is 5.97 Å². The Morgan fingerprint density at radius 1 is 1.13 bits per heavy atom. The van der Waals surface area contributed by atoms with Crippen LogP contribution in [0.1, 0.15) is 38.1 Å². The van der Waals surface area contributed by atoms with Crippen LogP contribution in [0.5, 0.6) is 0 Å². The summed E-state index contributed by atoms with van der Waals surface area (Å²) in [6.45, 7) is 3.29. The van der Waals surface area contributed by atoms with E-state index < -0.39 is 0 Å². The molecular weight excluding hydrogens is 418 g/mol. The van der Waals surface area contributed by atoms with E-state index in [1.807, 2.05) is 17.0 Å². The van der Waals surface area contributed by atoms with E-state index in [2.05, 4.69) is 12.1 Å². The molecule has 1 aliphatic rings. The monoisotopic (exact) mass is 439 g/mol. The lowest BCUT2D eigenvalue weighted by Crippen LogP contribution is -2.35. The molecule has 0 radical (unpaired) electrons. The van der Waals surface area contributed by atoms with Crippen molar-refractivity contribution >= 4 is 41.2 Å². The molecule has 0 unspecified atom stereocenters. The summed E-state index contributed by atoms with van der Waals surface area (Å²) in [4.78, 5) is 27.3. The molecule has 0 saturated carbocycles. The summed E-state index contributed by atoms with van der Waals surface area (Å²) >= 11 is 6.70. The molecule has 1 amide bonds. The Bertz CT molecular complexity index is 1170. The Labute approximate surface area is 183 Å². The lowest BCUT2D eigenvalue weighted by molar-refractivity contribution is 0.0526. The molecule has 0 bridgehead atoms. The maximum absolute atomic E-state index is 13.2. The first-order chi connectivity index (χ1) is 14.5. The standard InChI is InChI=1S/C22H21N3O3S2/c1-2-28-21(27)15-7-9-17(10-8-15)25-19(23)18(30-22(25)29)20(26)24-12-11-14-5-3-4-6-16(14)13-24/h3-10H,2,11-13,23H2,1H3. The molecule has 1 aromatic heterocycles. The Hall–Kier alpha value is -2.97. The molecule has 0 atom stereocenters. The Morgan fingerprint density at radius 3 is 2.53 bits per heavy atom. The molecule has 0 aliphatic carbocycles. The Balaban J connectivity index is 1.60. The number of benzene rings is 2. The lowest BCUT2D eigenvalue weighted by atomic mass is 10.00. The summed E-state index contributed by atoms with van der Waals surface area (Å²) in [5.74, 6) is -0.176. The zero-order chi connectivity index (χ0) is 21.3. The minimum Gasteiger partial charge on any atom is -0.462 e. The first-order valence-corrected chi connectivity index (χ1v) is 10.9. The minimum absolute atomic E-state index is 0.111. The van der Waals surface area contributed by atoms with Gasteiger partial charge in [0.15, 0.2) is 3.95 Å². The van der Waals surface area contributed by atoms with Crippen LogP contribution in [-0.4, -0.2) is 34.5 Å². The first-order valence-electron chi connectivity index (χ1n) is 9.64. The summed E-state index contributed by atoms with van der Waals surface area (Å²) in [6.07, 6.45) is 0.823. The number of esters is 1. The second-order valence-corrected chi connectivity index (χ2v) is 8.57. The average molecular weight is 440 g/mol. The molecule has 2 aromatic carbocycles. The van der Waals surface area contributed by atoms with Crippen LogP contribution in [0.2, 0.25) is 0 Å². The van der Waals surface area contributed by atoms with E-state index >= 15 is 0 Å². The highest BCUT2D eigenvalue weighted by Gasteiger charge is 2.26. The van der Waals surface area contributed by atoms with Crippen molar-refractivity contribution in [3.05, 3.63) is 74.1 Å². The topological polar surface area (TPSA) is 77.6 Å². The number of ether oxygens (including phenoxy) is 1. The molecule has 4 rings (SSSR count). The van der Waals surface area contributed by atoms with E-state index in [-0.39, 0.29) is 11.9 Å². The number of thiazole rings is 1. The van der Waals surface area contributed by atoms with Crippen LogP contribution in [0.15, 0.2) is 48.5 Å². The predicted octanol–water partition coefficient (Wildman–Crippen LogP) is 4.23. The number of hydrogen-bond acceptors (Lipinski definition) is 6. The van der Waals surface area contributed by atoms with Crippen LogP contribution >= 0.6 is 23.6 Å². The number of nitrogens with two attached hydrogens (primary N) is 1. The van der Waals surface area contributed by atoms with Gasteiger partial charge in [-0.1, -0.05) is 35.6 Å². The summed E-state index contributed by atoms with van der Waals surface area (Å²) in [5.41, 5.74) is 9.94. The van der Waals surface area contributed by atoms with Gasteiger partial charge in [-0.2, -0.15) is 0 Å². The minimum atomic E-state index is -0.382. The molecule has 1 aliphatic heterocycles. The van der Waals surface area contributed by atoms with E-state index in [0.29, 0.717) is 45.6 Å². The molecule has 30 heavy (non-hydrogen) atoms. The predicted molar refractivity (Wildman–Crippen MR) is 120 cm³/mol. The molecule has 3 aromatic rings. The summed E-state index contributed by atoms with van der Waals surface area (Å²) < 4.78 is 7.16. The van der Waals surface area contributed by atoms with Crippen molar-refractivity contribution in [1.29, 1.82) is 0 Å². The van der Waals surface area contributed by atoms with Crippen LogP contribution in [-0.2, 0) is 17.7 Å². The number of rotatable bonds is 4. The van der Waals surface area contributed by atoms with Gasteiger partial charge in [-0.15, -0.1) is 0 Å². The zero-order valence-electron chi connectivity index (χ0n) is 16.5. The maximum Gasteiger partial charge on any atom is 0.338 e. The van der Waals surface area contributed by atoms with E-state index in [1.165, 1.54) is 16.9 Å². The quantitative estimate of drug-likeness (QED) is 0.486. The molecule has 8 heteroatoms.